The molecule has 0 saturated carbocycles. The average molecular weight is 432 g/mol. The number of carbonyl (C=O) groups excluding carboxylic acids is 3. The molecular weight excluding hydrogens is 402 g/mol. The molecule has 0 unspecified atom stereocenters. The topological polar surface area (TPSA) is 87.7 Å². The number of rotatable bonds is 8. The van der Waals surface area contributed by atoms with Crippen LogP contribution in [0.2, 0.25) is 0 Å². The zero-order chi connectivity index (χ0) is 22.1. The molecule has 0 spiro atoms. The Morgan fingerprint density at radius 3 is 2.60 bits per heavy atom. The largest absolute Gasteiger partial charge is 0.444 e. The highest BCUT2D eigenvalue weighted by atomic mass is 32.1. The summed E-state index contributed by atoms with van der Waals surface area (Å²) in [5.41, 5.74) is 1.63. The molecule has 3 amide bonds. The third-order valence-electron chi connectivity index (χ3n) is 3.99. The van der Waals surface area contributed by atoms with Gasteiger partial charge in [-0.2, -0.15) is 11.3 Å². The molecule has 0 bridgehead atoms. The highest BCUT2D eigenvalue weighted by Gasteiger charge is 2.19. The minimum Gasteiger partial charge on any atom is -0.444 e. The second-order valence-corrected chi connectivity index (χ2v) is 8.74. The first-order chi connectivity index (χ1) is 14.1. The summed E-state index contributed by atoms with van der Waals surface area (Å²) in [5, 5.41) is 9.29. The number of amides is 3. The van der Waals surface area contributed by atoms with Gasteiger partial charge in [0.2, 0.25) is 5.91 Å². The summed E-state index contributed by atoms with van der Waals surface area (Å²) in [6.45, 7) is 6.27. The van der Waals surface area contributed by atoms with E-state index in [0.717, 1.165) is 5.56 Å². The van der Waals surface area contributed by atoms with Crippen LogP contribution in [0, 0.1) is 0 Å². The van der Waals surface area contributed by atoms with Crippen molar-refractivity contribution < 1.29 is 19.1 Å². The molecule has 8 heteroatoms. The van der Waals surface area contributed by atoms with Gasteiger partial charge in [-0.1, -0.05) is 12.1 Å². The molecule has 162 valence electrons. The molecule has 0 aliphatic rings. The van der Waals surface area contributed by atoms with Crippen molar-refractivity contribution in [3.05, 3.63) is 52.2 Å². The summed E-state index contributed by atoms with van der Waals surface area (Å²) in [7, 11) is 1.67. The summed E-state index contributed by atoms with van der Waals surface area (Å²) < 4.78 is 5.35. The number of carbonyl (C=O) groups is 3. The number of benzene rings is 1. The Labute approximate surface area is 181 Å². The van der Waals surface area contributed by atoms with Gasteiger partial charge >= 0.3 is 6.09 Å². The van der Waals surface area contributed by atoms with E-state index in [4.69, 9.17) is 4.74 Å². The second kappa shape index (κ2) is 10.8. The first-order valence-electron chi connectivity index (χ1n) is 9.77. The van der Waals surface area contributed by atoms with Gasteiger partial charge in [0.05, 0.1) is 0 Å². The van der Waals surface area contributed by atoms with E-state index < -0.39 is 11.7 Å². The van der Waals surface area contributed by atoms with Crippen LogP contribution in [0.15, 0.2) is 41.1 Å². The monoisotopic (exact) mass is 431 g/mol. The molecule has 2 rings (SSSR count). The zero-order valence-electron chi connectivity index (χ0n) is 17.9. The van der Waals surface area contributed by atoms with Crippen LogP contribution in [0.25, 0.3) is 0 Å². The molecule has 1 aromatic carbocycles. The number of anilines is 1. The molecule has 30 heavy (non-hydrogen) atoms. The van der Waals surface area contributed by atoms with Crippen LogP contribution in [-0.4, -0.2) is 42.0 Å². The van der Waals surface area contributed by atoms with E-state index in [-0.39, 0.29) is 11.8 Å². The maximum Gasteiger partial charge on any atom is 0.410 e. The molecule has 0 saturated heterocycles. The number of ether oxygens (including phenoxy) is 1. The van der Waals surface area contributed by atoms with E-state index in [2.05, 4.69) is 10.6 Å². The van der Waals surface area contributed by atoms with Crippen molar-refractivity contribution in [2.24, 2.45) is 0 Å². The standard InChI is InChI=1S/C22H29N3O4S/c1-22(2,3)29-21(28)25(4)14-16-7-5-8-18(13-16)24-19(26)9-6-11-23-20(27)17-10-12-30-15-17/h5,7-8,10,12-13,15H,6,9,11,14H2,1-4H3,(H,23,27)(H,24,26). The molecule has 0 fully saturated rings. The number of nitrogens with one attached hydrogen (secondary N) is 2. The molecule has 1 aromatic heterocycles. The highest BCUT2D eigenvalue weighted by molar-refractivity contribution is 7.08. The normalized spacial score (nSPS) is 10.9. The van der Waals surface area contributed by atoms with Gasteiger partial charge in [-0.15, -0.1) is 0 Å². The SMILES string of the molecule is CN(Cc1cccc(NC(=O)CCCNC(=O)c2ccsc2)c1)C(=O)OC(C)(C)C. The molecule has 0 aliphatic heterocycles. The van der Waals surface area contributed by atoms with Crippen molar-refractivity contribution in [2.75, 3.05) is 18.9 Å². The minimum absolute atomic E-state index is 0.126. The summed E-state index contributed by atoms with van der Waals surface area (Å²) >= 11 is 1.47. The summed E-state index contributed by atoms with van der Waals surface area (Å²) in [6.07, 6.45) is 0.441. The number of thiophene rings is 1. The van der Waals surface area contributed by atoms with Gasteiger partial charge in [-0.3, -0.25) is 9.59 Å². The van der Waals surface area contributed by atoms with Crippen LogP contribution in [0.4, 0.5) is 10.5 Å². The van der Waals surface area contributed by atoms with Gasteiger partial charge in [-0.05, 0) is 56.3 Å². The minimum atomic E-state index is -0.551. The van der Waals surface area contributed by atoms with Crippen molar-refractivity contribution in [1.29, 1.82) is 0 Å². The van der Waals surface area contributed by atoms with Crippen LogP contribution in [-0.2, 0) is 16.1 Å². The number of hydrogen-bond donors (Lipinski definition) is 2. The fourth-order valence-corrected chi connectivity index (χ4v) is 3.23. The molecule has 2 aromatic rings. The Morgan fingerprint density at radius 1 is 1.17 bits per heavy atom. The number of hydrogen-bond acceptors (Lipinski definition) is 5. The van der Waals surface area contributed by atoms with E-state index in [9.17, 15) is 14.4 Å². The Balaban J connectivity index is 1.76. The van der Waals surface area contributed by atoms with E-state index in [0.29, 0.717) is 37.2 Å². The van der Waals surface area contributed by atoms with Crippen LogP contribution in [0.1, 0.15) is 49.5 Å². The molecule has 0 atom stereocenters. The van der Waals surface area contributed by atoms with Crippen molar-refractivity contribution >= 4 is 34.9 Å². The predicted octanol–water partition coefficient (Wildman–Crippen LogP) is 4.26. The van der Waals surface area contributed by atoms with Crippen LogP contribution in [0.5, 0.6) is 0 Å². The third-order valence-corrected chi connectivity index (χ3v) is 4.67. The molecule has 0 radical (unpaired) electrons. The summed E-state index contributed by atoms with van der Waals surface area (Å²) in [6, 6.07) is 9.11. The van der Waals surface area contributed by atoms with E-state index >= 15 is 0 Å². The molecule has 0 aliphatic carbocycles. The quantitative estimate of drug-likeness (QED) is 0.611. The Hall–Kier alpha value is -2.87. The van der Waals surface area contributed by atoms with Crippen molar-refractivity contribution in [3.8, 4) is 0 Å². The second-order valence-electron chi connectivity index (χ2n) is 7.96. The van der Waals surface area contributed by atoms with Gasteiger partial charge in [-0.25, -0.2) is 4.79 Å². The molecule has 7 nitrogen and oxygen atoms in total. The Kier molecular flexibility index (Phi) is 8.41. The van der Waals surface area contributed by atoms with Gasteiger partial charge in [0, 0.05) is 43.2 Å². The lowest BCUT2D eigenvalue weighted by atomic mass is 10.2. The predicted molar refractivity (Wildman–Crippen MR) is 119 cm³/mol. The fourth-order valence-electron chi connectivity index (χ4n) is 2.60. The van der Waals surface area contributed by atoms with E-state index in [1.54, 1.807) is 24.6 Å². The lowest BCUT2D eigenvalue weighted by Gasteiger charge is -2.24. The Morgan fingerprint density at radius 2 is 1.93 bits per heavy atom. The van der Waals surface area contributed by atoms with Crippen LogP contribution in [0.3, 0.4) is 0 Å². The number of nitrogens with zero attached hydrogens (tertiary/aromatic N) is 1. The van der Waals surface area contributed by atoms with Crippen LogP contribution >= 0.6 is 11.3 Å². The lowest BCUT2D eigenvalue weighted by molar-refractivity contribution is -0.116. The van der Waals surface area contributed by atoms with E-state index in [1.165, 1.54) is 16.2 Å². The first-order valence-corrected chi connectivity index (χ1v) is 10.7. The van der Waals surface area contributed by atoms with Gasteiger partial charge in [0.25, 0.3) is 5.91 Å². The van der Waals surface area contributed by atoms with Gasteiger partial charge in [0.1, 0.15) is 5.60 Å². The fraction of sp³-hybridized carbons (Fsp3) is 0.409. The average Bonchev–Trinajstić information content (AvgIpc) is 3.19. The first kappa shape index (κ1) is 23.4. The maximum absolute atomic E-state index is 12.2. The van der Waals surface area contributed by atoms with Crippen molar-refractivity contribution in [3.63, 3.8) is 0 Å². The summed E-state index contributed by atoms with van der Waals surface area (Å²) in [5.74, 6) is -0.254. The van der Waals surface area contributed by atoms with Gasteiger partial charge in [0.15, 0.2) is 0 Å². The van der Waals surface area contributed by atoms with Crippen molar-refractivity contribution in [1.82, 2.24) is 10.2 Å². The smallest absolute Gasteiger partial charge is 0.410 e. The van der Waals surface area contributed by atoms with Crippen molar-refractivity contribution in [2.45, 2.75) is 45.8 Å². The van der Waals surface area contributed by atoms with E-state index in [1.807, 2.05) is 44.4 Å². The molecule has 2 N–H and O–H groups in total. The van der Waals surface area contributed by atoms with Gasteiger partial charge < -0.3 is 20.3 Å². The van der Waals surface area contributed by atoms with Crippen LogP contribution < -0.4 is 10.6 Å². The molecular formula is C22H29N3O4S. The zero-order valence-corrected chi connectivity index (χ0v) is 18.7. The maximum atomic E-state index is 12.2. The summed E-state index contributed by atoms with van der Waals surface area (Å²) in [4.78, 5) is 37.6. The highest BCUT2D eigenvalue weighted by Crippen LogP contribution is 2.15. The Bertz CT molecular complexity index is 860. The third kappa shape index (κ3) is 8.24. The molecule has 1 heterocycles. The lowest BCUT2D eigenvalue weighted by Crippen LogP contribution is -2.33.